The van der Waals surface area contributed by atoms with Crippen molar-refractivity contribution in [2.45, 2.75) is 52.1 Å². The van der Waals surface area contributed by atoms with Crippen molar-refractivity contribution in [3.05, 3.63) is 17.5 Å². The maximum Gasteiger partial charge on any atom is 0.222 e. The largest absolute Gasteiger partial charge is 0.382 e. The first-order valence-electron chi connectivity index (χ1n) is 8.43. The van der Waals surface area contributed by atoms with E-state index in [0.29, 0.717) is 26.2 Å². The minimum Gasteiger partial charge on any atom is -0.382 e. The topological polar surface area (TPSA) is 76.5 Å². The number of hydrogen-bond acceptors (Lipinski definition) is 4. The van der Waals surface area contributed by atoms with Crippen molar-refractivity contribution in [3.63, 3.8) is 0 Å². The quantitative estimate of drug-likeness (QED) is 0.807. The summed E-state index contributed by atoms with van der Waals surface area (Å²) in [6.45, 7) is 7.74. The van der Waals surface area contributed by atoms with Gasteiger partial charge in [-0.3, -0.25) is 14.3 Å². The number of carbonyl (C=O) groups excluding carboxylic acids is 2. The van der Waals surface area contributed by atoms with Crippen LogP contribution in [0.25, 0.3) is 0 Å². The van der Waals surface area contributed by atoms with E-state index in [4.69, 9.17) is 4.74 Å². The van der Waals surface area contributed by atoms with E-state index in [2.05, 4.69) is 10.4 Å². The number of nitrogens with zero attached hydrogens (tertiary/aromatic N) is 3. The molecule has 0 unspecified atom stereocenters. The van der Waals surface area contributed by atoms with E-state index in [9.17, 15) is 9.59 Å². The van der Waals surface area contributed by atoms with E-state index < -0.39 is 5.54 Å². The van der Waals surface area contributed by atoms with Crippen LogP contribution >= 0.6 is 0 Å². The van der Waals surface area contributed by atoms with Crippen molar-refractivity contribution >= 4 is 11.8 Å². The number of aromatic nitrogens is 2. The van der Waals surface area contributed by atoms with Crippen molar-refractivity contribution in [1.29, 1.82) is 0 Å². The monoisotopic (exact) mass is 336 g/mol. The highest BCUT2D eigenvalue weighted by atomic mass is 16.5. The second-order valence-corrected chi connectivity index (χ2v) is 6.61. The van der Waals surface area contributed by atoms with Gasteiger partial charge in [0.05, 0.1) is 30.8 Å². The predicted molar refractivity (Wildman–Crippen MR) is 90.6 cm³/mol. The SMILES string of the molecule is COC[C@@]1(CC(=O)NCCn2nc(C)cc2C)CCCN1C(C)=O. The summed E-state index contributed by atoms with van der Waals surface area (Å²) in [6, 6.07) is 2.01. The van der Waals surface area contributed by atoms with E-state index in [1.165, 1.54) is 0 Å². The molecule has 0 bridgehead atoms. The van der Waals surface area contributed by atoms with Gasteiger partial charge in [0.25, 0.3) is 0 Å². The van der Waals surface area contributed by atoms with Crippen LogP contribution < -0.4 is 5.32 Å². The maximum absolute atomic E-state index is 12.4. The number of amides is 2. The third-order valence-electron chi connectivity index (χ3n) is 4.63. The number of likely N-dealkylation sites (tertiary alicyclic amines) is 1. The summed E-state index contributed by atoms with van der Waals surface area (Å²) >= 11 is 0. The molecular weight excluding hydrogens is 308 g/mol. The summed E-state index contributed by atoms with van der Waals surface area (Å²) in [5.41, 5.74) is 1.54. The highest BCUT2D eigenvalue weighted by molar-refractivity contribution is 5.80. The molecular formula is C17H28N4O3. The summed E-state index contributed by atoms with van der Waals surface area (Å²) in [7, 11) is 1.61. The summed E-state index contributed by atoms with van der Waals surface area (Å²) in [6.07, 6.45) is 1.98. The molecule has 0 saturated carbocycles. The van der Waals surface area contributed by atoms with Crippen LogP contribution in [0.5, 0.6) is 0 Å². The second kappa shape index (κ2) is 7.79. The fourth-order valence-electron chi connectivity index (χ4n) is 3.65. The molecule has 2 rings (SSSR count). The van der Waals surface area contributed by atoms with E-state index >= 15 is 0 Å². The van der Waals surface area contributed by atoms with Gasteiger partial charge >= 0.3 is 0 Å². The Morgan fingerprint density at radius 1 is 1.42 bits per heavy atom. The summed E-state index contributed by atoms with van der Waals surface area (Å²) in [4.78, 5) is 26.1. The van der Waals surface area contributed by atoms with E-state index in [1.54, 1.807) is 18.9 Å². The minimum absolute atomic E-state index is 0.00000823. The first-order chi connectivity index (χ1) is 11.4. The normalized spacial score (nSPS) is 20.4. The zero-order valence-corrected chi connectivity index (χ0v) is 15.1. The molecule has 1 aliphatic rings. The number of carbonyl (C=O) groups is 2. The van der Waals surface area contributed by atoms with Crippen molar-refractivity contribution in [2.75, 3.05) is 26.8 Å². The molecule has 1 aliphatic heterocycles. The molecule has 1 atom stereocenters. The molecule has 1 saturated heterocycles. The van der Waals surface area contributed by atoms with Crippen LogP contribution in [0.2, 0.25) is 0 Å². The maximum atomic E-state index is 12.4. The predicted octanol–water partition coefficient (Wildman–Crippen LogP) is 1.03. The van der Waals surface area contributed by atoms with Gasteiger partial charge in [0.1, 0.15) is 0 Å². The van der Waals surface area contributed by atoms with Crippen LogP contribution in [0.1, 0.15) is 37.6 Å². The molecule has 1 fully saturated rings. The van der Waals surface area contributed by atoms with Gasteiger partial charge in [-0.25, -0.2) is 0 Å². The van der Waals surface area contributed by atoms with Crippen LogP contribution in [0.15, 0.2) is 6.07 Å². The van der Waals surface area contributed by atoms with Gasteiger partial charge in [0, 0.05) is 32.8 Å². The lowest BCUT2D eigenvalue weighted by Crippen LogP contribution is -2.52. The molecule has 1 N–H and O–H groups in total. The smallest absolute Gasteiger partial charge is 0.222 e. The fourth-order valence-corrected chi connectivity index (χ4v) is 3.65. The fraction of sp³-hybridized carbons (Fsp3) is 0.706. The molecule has 1 aromatic heterocycles. The highest BCUT2D eigenvalue weighted by Crippen LogP contribution is 2.33. The lowest BCUT2D eigenvalue weighted by molar-refractivity contribution is -0.137. The highest BCUT2D eigenvalue weighted by Gasteiger charge is 2.44. The molecule has 0 radical (unpaired) electrons. The Hall–Kier alpha value is -1.89. The van der Waals surface area contributed by atoms with Gasteiger partial charge in [-0.15, -0.1) is 0 Å². The van der Waals surface area contributed by atoms with Crippen molar-refractivity contribution in [1.82, 2.24) is 20.0 Å². The van der Waals surface area contributed by atoms with Crippen molar-refractivity contribution in [3.8, 4) is 0 Å². The number of nitrogens with one attached hydrogen (secondary N) is 1. The summed E-state index contributed by atoms with van der Waals surface area (Å²) in [5, 5.41) is 7.33. The summed E-state index contributed by atoms with van der Waals surface area (Å²) in [5.74, 6) is -0.0540. The third kappa shape index (κ3) is 4.14. The third-order valence-corrected chi connectivity index (χ3v) is 4.63. The minimum atomic E-state index is -0.511. The Kier molecular flexibility index (Phi) is 5.99. The number of rotatable bonds is 7. The molecule has 24 heavy (non-hydrogen) atoms. The lowest BCUT2D eigenvalue weighted by Gasteiger charge is -2.37. The molecule has 0 aliphatic carbocycles. The van der Waals surface area contributed by atoms with E-state index in [1.807, 2.05) is 24.6 Å². The molecule has 0 spiro atoms. The van der Waals surface area contributed by atoms with Gasteiger partial charge < -0.3 is 15.0 Å². The lowest BCUT2D eigenvalue weighted by atomic mass is 9.92. The number of methoxy groups -OCH3 is 1. The molecule has 134 valence electrons. The standard InChI is InChI=1S/C17H28N4O3/c1-13-10-14(2)21(19-13)9-7-18-16(23)11-17(12-24-4)6-5-8-20(17)15(3)22/h10H,5-9,11-12H2,1-4H3,(H,18,23)/t17-/m0/s1. The molecule has 0 aromatic carbocycles. The van der Waals surface area contributed by atoms with Crippen LogP contribution in [-0.4, -0.2) is 58.8 Å². The molecule has 1 aromatic rings. The Morgan fingerprint density at radius 2 is 2.17 bits per heavy atom. The van der Waals surface area contributed by atoms with Crippen LogP contribution in [0, 0.1) is 13.8 Å². The van der Waals surface area contributed by atoms with Gasteiger partial charge in [-0.1, -0.05) is 0 Å². The van der Waals surface area contributed by atoms with Crippen molar-refractivity contribution in [2.24, 2.45) is 0 Å². The number of aryl methyl sites for hydroxylation is 2. The first kappa shape index (κ1) is 18.4. The average molecular weight is 336 g/mol. The van der Waals surface area contributed by atoms with Crippen LogP contribution in [0.3, 0.4) is 0 Å². The van der Waals surface area contributed by atoms with Crippen LogP contribution in [-0.2, 0) is 20.9 Å². The molecule has 7 nitrogen and oxygen atoms in total. The molecule has 2 amide bonds. The van der Waals surface area contributed by atoms with Gasteiger partial charge in [0.15, 0.2) is 0 Å². The Balaban J connectivity index is 1.91. The first-order valence-corrected chi connectivity index (χ1v) is 8.43. The van der Waals surface area contributed by atoms with E-state index in [0.717, 1.165) is 24.2 Å². The second-order valence-electron chi connectivity index (χ2n) is 6.61. The molecule has 2 heterocycles. The number of ether oxygens (including phenoxy) is 1. The molecule has 7 heteroatoms. The average Bonchev–Trinajstić information content (AvgIpc) is 3.03. The van der Waals surface area contributed by atoms with Crippen molar-refractivity contribution < 1.29 is 14.3 Å². The van der Waals surface area contributed by atoms with Crippen LogP contribution in [0.4, 0.5) is 0 Å². The van der Waals surface area contributed by atoms with Gasteiger partial charge in [-0.2, -0.15) is 5.10 Å². The Morgan fingerprint density at radius 3 is 2.75 bits per heavy atom. The number of hydrogen-bond donors (Lipinski definition) is 1. The van der Waals surface area contributed by atoms with Gasteiger partial charge in [0.2, 0.25) is 11.8 Å². The Bertz CT molecular complexity index is 599. The zero-order chi connectivity index (χ0) is 17.7. The Labute approximate surface area is 143 Å². The summed E-state index contributed by atoms with van der Waals surface area (Å²) < 4.78 is 7.20. The van der Waals surface area contributed by atoms with Gasteiger partial charge in [-0.05, 0) is 32.8 Å². The van der Waals surface area contributed by atoms with E-state index in [-0.39, 0.29) is 18.2 Å². The zero-order valence-electron chi connectivity index (χ0n) is 15.1.